The predicted molar refractivity (Wildman–Crippen MR) is 87.4 cm³/mol. The number of hydrogen-bond donors (Lipinski definition) is 2. The zero-order chi connectivity index (χ0) is 21.8. The fourth-order valence-electron chi connectivity index (χ4n) is 3.08. The highest BCUT2D eigenvalue weighted by atomic mass is 19.4. The van der Waals surface area contributed by atoms with Gasteiger partial charge in [0.15, 0.2) is 0 Å². The van der Waals surface area contributed by atoms with Crippen LogP contribution in [0.5, 0.6) is 0 Å². The van der Waals surface area contributed by atoms with Gasteiger partial charge in [-0.1, -0.05) is 0 Å². The maximum absolute atomic E-state index is 13.5. The van der Waals surface area contributed by atoms with Gasteiger partial charge in [-0.25, -0.2) is 19.7 Å². The first-order chi connectivity index (χ1) is 13.9. The summed E-state index contributed by atoms with van der Waals surface area (Å²) in [6.45, 7) is 0.0277. The summed E-state index contributed by atoms with van der Waals surface area (Å²) in [4.78, 5) is 24.0. The molecule has 0 radical (unpaired) electrons. The van der Waals surface area contributed by atoms with Gasteiger partial charge in [-0.15, -0.1) is 0 Å². The molecule has 1 amide bonds. The van der Waals surface area contributed by atoms with Crippen LogP contribution in [0.2, 0.25) is 0 Å². The number of carbonyl (C=O) groups excluding carboxylic acids is 1. The van der Waals surface area contributed by atoms with Crippen molar-refractivity contribution in [3.8, 4) is 11.4 Å². The number of pyridine rings is 1. The molecule has 160 valence electrons. The smallest absolute Gasteiger partial charge is 0.430 e. The Kier molecular flexibility index (Phi) is 4.48. The van der Waals surface area contributed by atoms with Crippen LogP contribution in [0.25, 0.3) is 11.4 Å². The number of β-amino-alcohol motifs (C(OH)–C–C–N with tert-alkyl or cyclic N) is 1. The van der Waals surface area contributed by atoms with Crippen LogP contribution in [-0.2, 0) is 10.9 Å². The van der Waals surface area contributed by atoms with E-state index in [0.717, 1.165) is 12.4 Å². The topological polar surface area (TPSA) is 100 Å². The van der Waals surface area contributed by atoms with Gasteiger partial charge >= 0.3 is 18.4 Å². The molecule has 2 N–H and O–H groups in total. The van der Waals surface area contributed by atoms with E-state index in [-0.39, 0.29) is 18.9 Å². The quantitative estimate of drug-likeness (QED) is 0.700. The minimum absolute atomic E-state index is 0.0139. The largest absolute Gasteiger partial charge is 0.431 e. The van der Waals surface area contributed by atoms with Gasteiger partial charge in [0.25, 0.3) is 0 Å². The van der Waals surface area contributed by atoms with E-state index in [1.165, 1.54) is 4.90 Å². The molecule has 0 saturated carbocycles. The molecule has 4 rings (SSSR count). The summed E-state index contributed by atoms with van der Waals surface area (Å²) < 4.78 is 84.9. The molecule has 2 aliphatic rings. The maximum Gasteiger partial charge on any atom is 0.430 e. The molecular formula is C16H11F6N5O3. The Hall–Kier alpha value is -3.16. The van der Waals surface area contributed by atoms with Crippen LogP contribution in [-0.4, -0.2) is 51.5 Å². The number of alkyl halides is 6. The molecule has 0 spiro atoms. The summed E-state index contributed by atoms with van der Waals surface area (Å²) in [5.74, 6) is -0.736. The molecule has 2 aromatic rings. The van der Waals surface area contributed by atoms with Crippen molar-refractivity contribution >= 4 is 17.7 Å². The summed E-state index contributed by atoms with van der Waals surface area (Å²) in [5, 5.41) is 11.4. The predicted octanol–water partition coefficient (Wildman–Crippen LogP) is 2.90. The molecule has 0 aliphatic carbocycles. The van der Waals surface area contributed by atoms with Crippen molar-refractivity contribution in [2.24, 2.45) is 0 Å². The molecule has 2 aliphatic heterocycles. The molecule has 4 heterocycles. The van der Waals surface area contributed by atoms with Gasteiger partial charge in [0.1, 0.15) is 23.7 Å². The number of nitrogens with one attached hydrogen (secondary N) is 1. The average Bonchev–Trinajstić information content (AvgIpc) is 2.62. The summed E-state index contributed by atoms with van der Waals surface area (Å²) >= 11 is 0. The number of cyclic esters (lactones) is 1. The number of halogens is 6. The van der Waals surface area contributed by atoms with E-state index in [0.29, 0.717) is 6.07 Å². The lowest BCUT2D eigenvalue weighted by Gasteiger charge is -2.37. The number of hydrogen-bond acceptors (Lipinski definition) is 7. The first-order valence-corrected chi connectivity index (χ1v) is 8.35. The fourth-order valence-corrected chi connectivity index (χ4v) is 3.08. The first-order valence-electron chi connectivity index (χ1n) is 8.35. The van der Waals surface area contributed by atoms with Crippen LogP contribution in [0.15, 0.2) is 18.5 Å². The number of carbonyl (C=O) groups is 1. The molecule has 1 saturated heterocycles. The zero-order valence-electron chi connectivity index (χ0n) is 14.6. The molecule has 8 nitrogen and oxygen atoms in total. The van der Waals surface area contributed by atoms with Crippen molar-refractivity contribution in [2.75, 3.05) is 23.3 Å². The molecule has 0 aromatic carbocycles. The van der Waals surface area contributed by atoms with Crippen molar-refractivity contribution in [2.45, 2.75) is 24.6 Å². The SMILES string of the molecule is O=C1Nc2ncnc(-c3cc(C(F)(F)F)cc(N4CC(O)C4)n3)c2[C@H](C(F)(F)F)O1. The van der Waals surface area contributed by atoms with Crippen molar-refractivity contribution in [1.82, 2.24) is 15.0 Å². The molecule has 2 aromatic heterocycles. The highest BCUT2D eigenvalue weighted by Crippen LogP contribution is 2.45. The second-order valence-electron chi connectivity index (χ2n) is 6.59. The Morgan fingerprint density at radius 1 is 1.13 bits per heavy atom. The summed E-state index contributed by atoms with van der Waals surface area (Å²) in [6.07, 6.45) is -14.1. The second-order valence-corrected chi connectivity index (χ2v) is 6.59. The van der Waals surface area contributed by atoms with Gasteiger partial charge in [-0.05, 0) is 12.1 Å². The number of anilines is 2. The van der Waals surface area contributed by atoms with Crippen LogP contribution in [0.1, 0.15) is 17.2 Å². The Labute approximate surface area is 163 Å². The average molecular weight is 435 g/mol. The lowest BCUT2D eigenvalue weighted by Crippen LogP contribution is -2.51. The highest BCUT2D eigenvalue weighted by molar-refractivity contribution is 5.88. The lowest BCUT2D eigenvalue weighted by atomic mass is 10.0. The fraction of sp³-hybridized carbons (Fsp3) is 0.375. The Morgan fingerprint density at radius 3 is 2.43 bits per heavy atom. The number of aromatic nitrogens is 3. The van der Waals surface area contributed by atoms with Gasteiger partial charge in [-0.3, -0.25) is 5.32 Å². The van der Waals surface area contributed by atoms with Crippen molar-refractivity contribution in [3.63, 3.8) is 0 Å². The van der Waals surface area contributed by atoms with Crippen LogP contribution in [0.3, 0.4) is 0 Å². The van der Waals surface area contributed by atoms with E-state index in [1.54, 1.807) is 0 Å². The van der Waals surface area contributed by atoms with Crippen molar-refractivity contribution in [3.05, 3.63) is 29.6 Å². The van der Waals surface area contributed by atoms with E-state index in [2.05, 4.69) is 19.7 Å². The van der Waals surface area contributed by atoms with Gasteiger partial charge in [-0.2, -0.15) is 26.3 Å². The number of aliphatic hydroxyl groups is 1. The summed E-state index contributed by atoms with van der Waals surface area (Å²) in [5.41, 5.74) is -3.02. The Morgan fingerprint density at radius 2 is 1.83 bits per heavy atom. The maximum atomic E-state index is 13.5. The third-order valence-corrected chi connectivity index (χ3v) is 4.46. The van der Waals surface area contributed by atoms with Gasteiger partial charge in [0.2, 0.25) is 6.10 Å². The third-order valence-electron chi connectivity index (χ3n) is 4.46. The summed E-state index contributed by atoms with van der Waals surface area (Å²) in [7, 11) is 0. The number of fused-ring (bicyclic) bond motifs is 1. The van der Waals surface area contributed by atoms with E-state index >= 15 is 0 Å². The lowest BCUT2D eigenvalue weighted by molar-refractivity contribution is -0.206. The Balaban J connectivity index is 1.90. The van der Waals surface area contributed by atoms with Crippen LogP contribution in [0.4, 0.5) is 42.8 Å². The molecule has 30 heavy (non-hydrogen) atoms. The highest BCUT2D eigenvalue weighted by Gasteiger charge is 2.50. The van der Waals surface area contributed by atoms with E-state index in [4.69, 9.17) is 0 Å². The molecule has 14 heteroatoms. The Bertz CT molecular complexity index is 1010. The molecule has 1 fully saturated rings. The van der Waals surface area contributed by atoms with Gasteiger partial charge in [0, 0.05) is 13.1 Å². The number of aliphatic hydroxyl groups excluding tert-OH is 1. The van der Waals surface area contributed by atoms with E-state index < -0.39 is 59.0 Å². The van der Waals surface area contributed by atoms with Crippen LogP contribution in [0, 0.1) is 0 Å². The number of rotatable bonds is 2. The standard InChI is InChI=1S/C16H11F6N5O3/c17-15(18,19)6-1-8(25-9(2-6)27-3-7(28)4-27)11-10-12(16(20,21)22)30-14(29)26-13(10)24-5-23-11/h1-2,5,7,12,28H,3-4H2,(H,23,24,26,29)/t12-/m1/s1. The molecular weight excluding hydrogens is 424 g/mol. The number of ether oxygens (including phenoxy) is 1. The van der Waals surface area contributed by atoms with Gasteiger partial charge < -0.3 is 14.7 Å². The molecule has 1 atom stereocenters. The molecule has 0 unspecified atom stereocenters. The second kappa shape index (κ2) is 6.68. The van der Waals surface area contributed by atoms with Crippen molar-refractivity contribution < 1.29 is 41.0 Å². The van der Waals surface area contributed by atoms with E-state index in [9.17, 15) is 36.2 Å². The van der Waals surface area contributed by atoms with E-state index in [1.807, 2.05) is 5.32 Å². The normalized spacial score (nSPS) is 19.6. The minimum atomic E-state index is -5.07. The van der Waals surface area contributed by atoms with Crippen LogP contribution < -0.4 is 10.2 Å². The first kappa shape index (κ1) is 20.1. The van der Waals surface area contributed by atoms with Crippen LogP contribution >= 0.6 is 0 Å². The van der Waals surface area contributed by atoms with Gasteiger partial charge in [0.05, 0.1) is 22.9 Å². The third kappa shape index (κ3) is 3.58. The zero-order valence-corrected chi connectivity index (χ0v) is 14.6. The monoisotopic (exact) mass is 435 g/mol. The summed E-state index contributed by atoms with van der Waals surface area (Å²) in [6, 6.07) is 1.27. The minimum Gasteiger partial charge on any atom is -0.431 e. The van der Waals surface area contributed by atoms with Crippen molar-refractivity contribution in [1.29, 1.82) is 0 Å². The number of nitrogens with zero attached hydrogens (tertiary/aromatic N) is 4. The molecule has 0 bridgehead atoms. The number of amides is 1.